The van der Waals surface area contributed by atoms with Crippen molar-refractivity contribution in [3.63, 3.8) is 0 Å². The summed E-state index contributed by atoms with van der Waals surface area (Å²) in [5, 5.41) is 0. The first-order valence-electron chi connectivity index (χ1n) is 5.18. The maximum absolute atomic E-state index is 13.2. The van der Waals surface area contributed by atoms with Crippen molar-refractivity contribution in [2.75, 3.05) is 7.11 Å². The normalized spacial score (nSPS) is 26.6. The van der Waals surface area contributed by atoms with Crippen molar-refractivity contribution in [3.8, 4) is 5.75 Å². The van der Waals surface area contributed by atoms with Crippen LogP contribution in [0.3, 0.4) is 0 Å². The van der Waals surface area contributed by atoms with Crippen LogP contribution in [-0.4, -0.2) is 13.2 Å². The van der Waals surface area contributed by atoms with Gasteiger partial charge in [0.05, 0.1) is 7.11 Å². The Morgan fingerprint density at radius 2 is 1.75 bits per heavy atom. The molecule has 0 amide bonds. The molecule has 0 radical (unpaired) electrons. The van der Waals surface area contributed by atoms with Crippen molar-refractivity contribution in [1.82, 2.24) is 0 Å². The van der Waals surface area contributed by atoms with Gasteiger partial charge in [-0.2, -0.15) is 0 Å². The molecule has 16 heavy (non-hydrogen) atoms. The summed E-state index contributed by atoms with van der Waals surface area (Å²) in [7, 11) is 1.44. The van der Waals surface area contributed by atoms with E-state index in [1.54, 1.807) is 0 Å². The van der Waals surface area contributed by atoms with Gasteiger partial charge in [-0.25, -0.2) is 8.78 Å². The molecule has 0 aromatic heterocycles. The van der Waals surface area contributed by atoms with Crippen LogP contribution in [0.5, 0.6) is 5.75 Å². The first kappa shape index (κ1) is 11.3. The highest BCUT2D eigenvalue weighted by Crippen LogP contribution is 2.59. The minimum absolute atomic E-state index is 0.0255. The van der Waals surface area contributed by atoms with Gasteiger partial charge in [0.1, 0.15) is 5.75 Å². The van der Waals surface area contributed by atoms with Crippen LogP contribution < -0.4 is 10.5 Å². The summed E-state index contributed by atoms with van der Waals surface area (Å²) in [6.45, 7) is 4.01. The molecule has 4 heteroatoms. The van der Waals surface area contributed by atoms with Crippen molar-refractivity contribution in [2.24, 2.45) is 11.1 Å². The first-order valence-corrected chi connectivity index (χ1v) is 5.18. The van der Waals surface area contributed by atoms with E-state index in [0.717, 1.165) is 6.07 Å². The zero-order chi connectivity index (χ0) is 12.1. The monoisotopic (exact) mass is 227 g/mol. The van der Waals surface area contributed by atoms with Crippen LogP contribution in [0.15, 0.2) is 12.1 Å². The molecular weight excluding hydrogens is 212 g/mol. The summed E-state index contributed by atoms with van der Waals surface area (Å²) in [5.74, 6) is -1.36. The standard InChI is InChI=1S/C12H15F2NO/c1-12(2)10(11(12)15)6-4-7(13)8(14)5-9(6)16-3/h4-5,10-11H,15H2,1-3H3/t10-,11-/m1/s1. The number of halogens is 2. The molecule has 0 unspecified atom stereocenters. The Balaban J connectivity index is 2.46. The zero-order valence-corrected chi connectivity index (χ0v) is 9.55. The smallest absolute Gasteiger partial charge is 0.162 e. The molecule has 1 saturated carbocycles. The third kappa shape index (κ3) is 1.48. The maximum atomic E-state index is 13.2. The van der Waals surface area contributed by atoms with Crippen LogP contribution in [0.25, 0.3) is 0 Å². The summed E-state index contributed by atoms with van der Waals surface area (Å²) in [4.78, 5) is 0. The minimum atomic E-state index is -0.896. The fraction of sp³-hybridized carbons (Fsp3) is 0.500. The maximum Gasteiger partial charge on any atom is 0.162 e. The lowest BCUT2D eigenvalue weighted by molar-refractivity contribution is 0.398. The van der Waals surface area contributed by atoms with Crippen molar-refractivity contribution >= 4 is 0 Å². The lowest BCUT2D eigenvalue weighted by Gasteiger charge is -2.10. The number of nitrogens with two attached hydrogens (primary N) is 1. The second kappa shape index (κ2) is 3.42. The van der Waals surface area contributed by atoms with E-state index in [1.165, 1.54) is 13.2 Å². The van der Waals surface area contributed by atoms with Gasteiger partial charge in [-0.15, -0.1) is 0 Å². The number of hydrogen-bond donors (Lipinski definition) is 1. The molecule has 1 aliphatic carbocycles. The summed E-state index contributed by atoms with van der Waals surface area (Å²) in [6, 6.07) is 2.23. The molecule has 2 N–H and O–H groups in total. The molecule has 2 nitrogen and oxygen atoms in total. The van der Waals surface area contributed by atoms with Crippen molar-refractivity contribution in [3.05, 3.63) is 29.3 Å². The number of methoxy groups -OCH3 is 1. The second-order valence-corrected chi connectivity index (χ2v) is 4.83. The van der Waals surface area contributed by atoms with Gasteiger partial charge >= 0.3 is 0 Å². The fourth-order valence-electron chi connectivity index (χ4n) is 2.24. The third-order valence-electron chi connectivity index (χ3n) is 3.52. The molecule has 2 atom stereocenters. The van der Waals surface area contributed by atoms with Crippen molar-refractivity contribution < 1.29 is 13.5 Å². The highest BCUT2D eigenvalue weighted by molar-refractivity contribution is 5.44. The lowest BCUT2D eigenvalue weighted by atomic mass is 10.0. The quantitative estimate of drug-likeness (QED) is 0.842. The molecule has 1 aromatic carbocycles. The van der Waals surface area contributed by atoms with Crippen molar-refractivity contribution in [1.29, 1.82) is 0 Å². The third-order valence-corrected chi connectivity index (χ3v) is 3.52. The lowest BCUT2D eigenvalue weighted by Crippen LogP contribution is -2.06. The van der Waals surface area contributed by atoms with Crippen LogP contribution >= 0.6 is 0 Å². The van der Waals surface area contributed by atoms with Gasteiger partial charge in [-0.3, -0.25) is 0 Å². The van der Waals surface area contributed by atoms with Crippen LogP contribution in [0.2, 0.25) is 0 Å². The average molecular weight is 227 g/mol. The summed E-state index contributed by atoms with van der Waals surface area (Å²) in [6.07, 6.45) is 0. The van der Waals surface area contributed by atoms with Gasteiger partial charge in [0.25, 0.3) is 0 Å². The Morgan fingerprint density at radius 3 is 2.19 bits per heavy atom. The Kier molecular flexibility index (Phi) is 2.42. The predicted octanol–water partition coefficient (Wildman–Crippen LogP) is 2.42. The topological polar surface area (TPSA) is 35.2 Å². The molecule has 0 spiro atoms. The van der Waals surface area contributed by atoms with E-state index in [9.17, 15) is 8.78 Å². The van der Waals surface area contributed by atoms with E-state index >= 15 is 0 Å². The minimum Gasteiger partial charge on any atom is -0.496 e. The largest absolute Gasteiger partial charge is 0.496 e. The number of hydrogen-bond acceptors (Lipinski definition) is 2. The number of rotatable bonds is 2. The summed E-state index contributed by atoms with van der Waals surface area (Å²) >= 11 is 0. The fourth-order valence-corrected chi connectivity index (χ4v) is 2.24. The Labute approximate surface area is 93.4 Å². The first-order chi connectivity index (χ1) is 7.39. The predicted molar refractivity (Wildman–Crippen MR) is 57.4 cm³/mol. The Morgan fingerprint density at radius 1 is 1.25 bits per heavy atom. The molecular formula is C12H15F2NO. The highest BCUT2D eigenvalue weighted by atomic mass is 19.2. The van der Waals surface area contributed by atoms with Crippen LogP contribution in [0.1, 0.15) is 25.3 Å². The molecule has 0 saturated heterocycles. The van der Waals surface area contributed by atoms with Crippen molar-refractivity contribution in [2.45, 2.75) is 25.8 Å². The molecule has 2 rings (SSSR count). The van der Waals surface area contributed by atoms with Gasteiger partial charge in [-0.05, 0) is 11.5 Å². The molecule has 88 valence electrons. The molecule has 0 heterocycles. The van der Waals surface area contributed by atoms with E-state index in [2.05, 4.69) is 0 Å². The van der Waals surface area contributed by atoms with E-state index in [1.807, 2.05) is 13.8 Å². The van der Waals surface area contributed by atoms with E-state index in [0.29, 0.717) is 11.3 Å². The molecule has 1 aliphatic rings. The summed E-state index contributed by atoms with van der Waals surface area (Å²) < 4.78 is 31.3. The van der Waals surface area contributed by atoms with E-state index in [-0.39, 0.29) is 17.4 Å². The van der Waals surface area contributed by atoms with Gasteiger partial charge < -0.3 is 10.5 Å². The summed E-state index contributed by atoms with van der Waals surface area (Å²) in [5.41, 5.74) is 6.48. The van der Waals surface area contributed by atoms with E-state index < -0.39 is 11.6 Å². The van der Waals surface area contributed by atoms with Crippen LogP contribution in [-0.2, 0) is 0 Å². The van der Waals surface area contributed by atoms with Crippen LogP contribution in [0.4, 0.5) is 8.78 Å². The van der Waals surface area contributed by atoms with E-state index in [4.69, 9.17) is 10.5 Å². The van der Waals surface area contributed by atoms with Crippen LogP contribution in [0, 0.1) is 17.0 Å². The van der Waals surface area contributed by atoms with Gasteiger partial charge in [0, 0.05) is 23.6 Å². The Bertz CT molecular complexity index is 431. The zero-order valence-electron chi connectivity index (χ0n) is 9.55. The number of benzene rings is 1. The molecule has 1 fully saturated rings. The van der Waals surface area contributed by atoms with Gasteiger partial charge in [0.15, 0.2) is 11.6 Å². The Hall–Kier alpha value is -1.16. The second-order valence-electron chi connectivity index (χ2n) is 4.83. The SMILES string of the molecule is COc1cc(F)c(F)cc1[C@@H]1[C@@H](N)C1(C)C. The number of ether oxygens (including phenoxy) is 1. The highest BCUT2D eigenvalue weighted by Gasteiger charge is 2.57. The molecule has 1 aromatic rings. The average Bonchev–Trinajstić information content (AvgIpc) is 2.70. The van der Waals surface area contributed by atoms with Gasteiger partial charge in [-0.1, -0.05) is 13.8 Å². The van der Waals surface area contributed by atoms with Gasteiger partial charge in [0.2, 0.25) is 0 Å². The molecule has 0 bridgehead atoms. The molecule has 0 aliphatic heterocycles.